The summed E-state index contributed by atoms with van der Waals surface area (Å²) in [5.41, 5.74) is 17.5. The fraction of sp³-hybridized carbons (Fsp3) is 0.149. The van der Waals surface area contributed by atoms with Crippen LogP contribution in [0.1, 0.15) is 40.7 Å². The van der Waals surface area contributed by atoms with Crippen molar-refractivity contribution in [1.82, 2.24) is 0 Å². The molecule has 0 saturated carbocycles. The second-order valence-electron chi connectivity index (χ2n) is 14.6. The number of fused-ring (bicyclic) bond motifs is 6. The Hall–Kier alpha value is -4.33. The maximum atomic E-state index is 2.77. The van der Waals surface area contributed by atoms with Gasteiger partial charge in [0.15, 0.2) is 0 Å². The molecule has 232 valence electrons. The van der Waals surface area contributed by atoms with E-state index in [1.165, 1.54) is 44.5 Å². The molecular weight excluding hydrogens is 743 g/mol. The molecular formula is C47H40Hf. The molecule has 0 nitrogen and oxygen atoms in total. The van der Waals surface area contributed by atoms with Crippen molar-refractivity contribution in [3.8, 4) is 22.3 Å². The van der Waals surface area contributed by atoms with E-state index in [4.69, 9.17) is 0 Å². The summed E-state index contributed by atoms with van der Waals surface area (Å²) in [5, 5.41) is 0. The molecule has 1 saturated heterocycles. The molecule has 6 aromatic rings. The second kappa shape index (κ2) is 11.7. The number of benzene rings is 6. The summed E-state index contributed by atoms with van der Waals surface area (Å²) in [6, 6.07) is 59.1. The Morgan fingerprint density at radius 3 is 1.21 bits per heavy atom. The van der Waals surface area contributed by atoms with Crippen molar-refractivity contribution in [3.63, 3.8) is 0 Å². The molecule has 1 fully saturated rings. The van der Waals surface area contributed by atoms with Crippen LogP contribution in [0.25, 0.3) is 34.4 Å². The molecule has 1 aliphatic heterocycles. The van der Waals surface area contributed by atoms with Gasteiger partial charge in [0.2, 0.25) is 0 Å². The predicted octanol–water partition coefficient (Wildman–Crippen LogP) is 12.3. The topological polar surface area (TPSA) is 0 Å². The van der Waals surface area contributed by atoms with Crippen LogP contribution in [0.15, 0.2) is 169 Å². The average molecular weight is 783 g/mol. The first kappa shape index (κ1) is 29.8. The van der Waals surface area contributed by atoms with Crippen LogP contribution in [0, 0.1) is 5.41 Å². The molecule has 6 aromatic carbocycles. The van der Waals surface area contributed by atoms with Gasteiger partial charge in [0, 0.05) is 0 Å². The van der Waals surface area contributed by atoms with Gasteiger partial charge in [-0.3, -0.25) is 0 Å². The zero-order chi connectivity index (χ0) is 32.3. The van der Waals surface area contributed by atoms with E-state index in [-0.39, 0.29) is 5.41 Å². The molecule has 48 heavy (non-hydrogen) atoms. The Kier molecular flexibility index (Phi) is 7.24. The van der Waals surface area contributed by atoms with E-state index in [2.05, 4.69) is 179 Å². The van der Waals surface area contributed by atoms with Gasteiger partial charge >= 0.3 is 292 Å². The van der Waals surface area contributed by atoms with Crippen LogP contribution in [0.2, 0.25) is 9.36 Å². The molecule has 0 radical (unpaired) electrons. The molecule has 0 spiro atoms. The van der Waals surface area contributed by atoms with Crippen molar-refractivity contribution in [1.29, 1.82) is 0 Å². The Bertz CT molecular complexity index is 2030. The summed E-state index contributed by atoms with van der Waals surface area (Å²) in [5.74, 6) is 0. The predicted molar refractivity (Wildman–Crippen MR) is 200 cm³/mol. The first-order chi connectivity index (χ1) is 23.5. The van der Waals surface area contributed by atoms with Crippen molar-refractivity contribution in [2.45, 2.75) is 29.6 Å². The van der Waals surface area contributed by atoms with Crippen LogP contribution in [0.4, 0.5) is 0 Å². The molecule has 0 amide bonds. The van der Waals surface area contributed by atoms with Gasteiger partial charge in [0.05, 0.1) is 0 Å². The molecule has 3 aliphatic rings. The van der Waals surface area contributed by atoms with Gasteiger partial charge in [-0.1, -0.05) is 0 Å². The van der Waals surface area contributed by atoms with Gasteiger partial charge in [0.25, 0.3) is 0 Å². The van der Waals surface area contributed by atoms with Gasteiger partial charge < -0.3 is 0 Å². The molecule has 0 aromatic heterocycles. The summed E-state index contributed by atoms with van der Waals surface area (Å²) < 4.78 is 6.57. The van der Waals surface area contributed by atoms with Crippen LogP contribution >= 0.6 is 0 Å². The summed E-state index contributed by atoms with van der Waals surface area (Å²) in [7, 11) is 0. The maximum absolute atomic E-state index is 3.27. The van der Waals surface area contributed by atoms with Crippen molar-refractivity contribution < 1.29 is 20.0 Å². The van der Waals surface area contributed by atoms with Crippen molar-refractivity contribution >= 4 is 12.2 Å². The molecule has 2 unspecified atom stereocenters. The van der Waals surface area contributed by atoms with Crippen molar-refractivity contribution in [2.24, 2.45) is 5.41 Å². The second-order valence-corrected chi connectivity index (χ2v) is 31.9. The first-order valence-electron chi connectivity index (χ1n) is 17.4. The van der Waals surface area contributed by atoms with E-state index in [0.717, 1.165) is 12.8 Å². The van der Waals surface area contributed by atoms with E-state index < -0.39 is 20.0 Å². The summed E-state index contributed by atoms with van der Waals surface area (Å²) in [4.78, 5) is 0. The van der Waals surface area contributed by atoms with E-state index >= 15 is 0 Å². The van der Waals surface area contributed by atoms with Crippen LogP contribution in [0.3, 0.4) is 0 Å². The van der Waals surface area contributed by atoms with Crippen molar-refractivity contribution in [3.05, 3.63) is 202 Å². The molecule has 2 aliphatic carbocycles. The fourth-order valence-electron chi connectivity index (χ4n) is 9.67. The normalized spacial score (nSPS) is 19.4. The van der Waals surface area contributed by atoms with Crippen LogP contribution in [-0.4, -0.2) is 0 Å². The van der Waals surface area contributed by atoms with E-state index in [1.807, 2.05) is 0 Å². The van der Waals surface area contributed by atoms with Crippen LogP contribution in [-0.2, 0) is 32.8 Å². The molecule has 0 bridgehead atoms. The number of hydrogen-bond donors (Lipinski definition) is 0. The van der Waals surface area contributed by atoms with Gasteiger partial charge in [0.1, 0.15) is 0 Å². The van der Waals surface area contributed by atoms with E-state index in [9.17, 15) is 0 Å². The zero-order valence-electron chi connectivity index (χ0n) is 27.7. The third-order valence-corrected chi connectivity index (χ3v) is 26.7. The summed E-state index contributed by atoms with van der Waals surface area (Å²) in [6.45, 7) is 0. The van der Waals surface area contributed by atoms with Crippen LogP contribution in [0.5, 0.6) is 0 Å². The van der Waals surface area contributed by atoms with Gasteiger partial charge in [-0.2, -0.15) is 0 Å². The standard InChI is InChI=1S/C45H34.2CH3.Hf/c1-5-15-33(16-6-1)31-45(32-34-17-7-2-8-18-34,39-27-37-23-13-25-41(43(37)29-39)35-19-9-3-10-20-35)40-28-38-24-14-26-42(44(38)30-40)36-21-11-4-12-22-36;;;/h1-30H,31-32H2;2*1H3;. The number of allylic oxidation sites excluding steroid dienone is 2. The average Bonchev–Trinajstić information content (AvgIpc) is 3.74. The summed E-state index contributed by atoms with van der Waals surface area (Å²) >= 11 is -3.27. The zero-order valence-corrected chi connectivity index (χ0v) is 31.3. The first-order valence-corrected chi connectivity index (χ1v) is 28.8. The fourth-order valence-corrected chi connectivity index (χ4v) is 26.8. The minimum atomic E-state index is -3.27. The molecule has 2 atom stereocenters. The van der Waals surface area contributed by atoms with E-state index in [0.29, 0.717) is 7.35 Å². The molecule has 0 N–H and O–H groups in total. The van der Waals surface area contributed by atoms with Gasteiger partial charge in [-0.25, -0.2) is 0 Å². The Labute approximate surface area is 289 Å². The molecule has 9 rings (SSSR count). The molecule has 1 heterocycles. The van der Waals surface area contributed by atoms with Crippen molar-refractivity contribution in [2.75, 3.05) is 0 Å². The van der Waals surface area contributed by atoms with Gasteiger partial charge in [-0.05, 0) is 0 Å². The SMILES string of the molecule is [CH3][Hf]1([CH3])[CH]2C(=Cc3c(-c4ccccc4)cccc32)C(Cc2ccccc2)(Cc2ccccc2)C2=Cc3c(-c4ccccc4)cccc3[CH]21. The Balaban J connectivity index is 1.35. The monoisotopic (exact) mass is 784 g/mol. The van der Waals surface area contributed by atoms with Crippen LogP contribution < -0.4 is 0 Å². The Morgan fingerprint density at radius 1 is 0.438 bits per heavy atom. The third-order valence-electron chi connectivity index (χ3n) is 11.6. The van der Waals surface area contributed by atoms with Gasteiger partial charge in [-0.15, -0.1) is 0 Å². The molecule has 1 heteroatoms. The number of rotatable bonds is 6. The number of hydrogen-bond acceptors (Lipinski definition) is 0. The third kappa shape index (κ3) is 4.66. The quantitative estimate of drug-likeness (QED) is 0.148. The van der Waals surface area contributed by atoms with E-state index in [1.54, 1.807) is 22.3 Å². The minimum absolute atomic E-state index is 0.145. The Morgan fingerprint density at radius 2 is 0.812 bits per heavy atom. The summed E-state index contributed by atoms with van der Waals surface area (Å²) in [6.07, 6.45) is 7.38.